The average Bonchev–Trinajstić information content (AvgIpc) is 2.37. The fourth-order valence-electron chi connectivity index (χ4n) is 1.74. The maximum Gasteiger partial charge on any atom is 0.242 e. The molecule has 1 aromatic rings. The minimum Gasteiger partial charge on any atom is -0.383 e. The van der Waals surface area contributed by atoms with Crippen LogP contribution in [0.2, 0.25) is 0 Å². The van der Waals surface area contributed by atoms with Gasteiger partial charge in [-0.1, -0.05) is 0 Å². The van der Waals surface area contributed by atoms with Crippen molar-refractivity contribution >= 4 is 15.7 Å². The first-order chi connectivity index (χ1) is 9.23. The summed E-state index contributed by atoms with van der Waals surface area (Å²) in [6.45, 7) is 3.13. The van der Waals surface area contributed by atoms with E-state index in [2.05, 4.69) is 17.1 Å². The van der Waals surface area contributed by atoms with Crippen LogP contribution in [0.25, 0.3) is 0 Å². The molecule has 20 heavy (non-hydrogen) atoms. The summed E-state index contributed by atoms with van der Waals surface area (Å²) in [5.74, 6) is 0. The zero-order valence-corrected chi connectivity index (χ0v) is 13.7. The number of rotatable bonds is 7. The number of hydrogen-bond acceptors (Lipinski definition) is 4. The molecule has 0 heterocycles. The predicted molar refractivity (Wildman–Crippen MR) is 83.6 cm³/mol. The van der Waals surface area contributed by atoms with E-state index < -0.39 is 10.0 Å². The molecule has 0 aromatic heterocycles. The molecule has 1 N–H and O–H groups in total. The summed E-state index contributed by atoms with van der Waals surface area (Å²) in [5.41, 5.74) is 0.939. The Morgan fingerprint density at radius 2 is 1.65 bits per heavy atom. The average molecular weight is 299 g/mol. The molecule has 1 atom stereocenters. The lowest BCUT2D eigenvalue weighted by atomic mass is 10.2. The lowest BCUT2D eigenvalue weighted by molar-refractivity contribution is 0.390. The molecule has 0 saturated carbocycles. The first-order valence-electron chi connectivity index (χ1n) is 6.67. The Morgan fingerprint density at radius 3 is 2.10 bits per heavy atom. The second-order valence-electron chi connectivity index (χ2n) is 5.45. The standard InChI is InChI=1S/C14H25N3O2S/c1-12(10-11-16(2)3)15-13-6-8-14(9-7-13)20(18,19)17(4)5/h6-9,12,15H,10-11H2,1-5H3. The Morgan fingerprint density at radius 1 is 1.10 bits per heavy atom. The molecule has 0 aliphatic carbocycles. The monoisotopic (exact) mass is 299 g/mol. The van der Waals surface area contributed by atoms with Gasteiger partial charge in [-0.25, -0.2) is 12.7 Å². The highest BCUT2D eigenvalue weighted by molar-refractivity contribution is 7.89. The van der Waals surface area contributed by atoms with Crippen LogP contribution in [0.3, 0.4) is 0 Å². The van der Waals surface area contributed by atoms with E-state index >= 15 is 0 Å². The highest BCUT2D eigenvalue weighted by atomic mass is 32.2. The van der Waals surface area contributed by atoms with Crippen molar-refractivity contribution in [3.63, 3.8) is 0 Å². The number of nitrogens with one attached hydrogen (secondary N) is 1. The van der Waals surface area contributed by atoms with Crippen molar-refractivity contribution in [2.24, 2.45) is 0 Å². The van der Waals surface area contributed by atoms with Crippen LogP contribution in [0.5, 0.6) is 0 Å². The SMILES string of the molecule is CC(CCN(C)C)Nc1ccc(S(=O)(=O)N(C)C)cc1. The van der Waals surface area contributed by atoms with E-state index in [9.17, 15) is 8.42 Å². The third-order valence-corrected chi connectivity index (χ3v) is 4.88. The van der Waals surface area contributed by atoms with Gasteiger partial charge in [-0.15, -0.1) is 0 Å². The van der Waals surface area contributed by atoms with Crippen LogP contribution in [0, 0.1) is 0 Å². The van der Waals surface area contributed by atoms with Crippen molar-refractivity contribution in [3.05, 3.63) is 24.3 Å². The quantitative estimate of drug-likeness (QED) is 0.832. The Hall–Kier alpha value is -1.11. The molecular weight excluding hydrogens is 274 g/mol. The highest BCUT2D eigenvalue weighted by Crippen LogP contribution is 2.17. The fraction of sp³-hybridized carbons (Fsp3) is 0.571. The van der Waals surface area contributed by atoms with Crippen molar-refractivity contribution in [1.29, 1.82) is 0 Å². The van der Waals surface area contributed by atoms with Gasteiger partial charge < -0.3 is 10.2 Å². The van der Waals surface area contributed by atoms with Gasteiger partial charge in [0.2, 0.25) is 10.0 Å². The van der Waals surface area contributed by atoms with Crippen LogP contribution in [-0.4, -0.2) is 58.4 Å². The zero-order valence-electron chi connectivity index (χ0n) is 12.9. The fourth-order valence-corrected chi connectivity index (χ4v) is 2.64. The van der Waals surface area contributed by atoms with Gasteiger partial charge in [0, 0.05) is 25.8 Å². The summed E-state index contributed by atoms with van der Waals surface area (Å²) in [7, 11) is 3.82. The minimum atomic E-state index is -3.34. The topological polar surface area (TPSA) is 52.7 Å². The van der Waals surface area contributed by atoms with Crippen LogP contribution in [0.1, 0.15) is 13.3 Å². The molecule has 0 spiro atoms. The lowest BCUT2D eigenvalue weighted by Crippen LogP contribution is -2.23. The van der Waals surface area contributed by atoms with Crippen LogP contribution < -0.4 is 5.32 Å². The van der Waals surface area contributed by atoms with Gasteiger partial charge in [0.1, 0.15) is 0 Å². The summed E-state index contributed by atoms with van der Waals surface area (Å²) in [6.07, 6.45) is 1.03. The highest BCUT2D eigenvalue weighted by Gasteiger charge is 2.16. The Kier molecular flexibility index (Phi) is 5.98. The number of sulfonamides is 1. The van der Waals surface area contributed by atoms with E-state index in [1.807, 2.05) is 26.2 Å². The number of anilines is 1. The number of nitrogens with zero attached hydrogens (tertiary/aromatic N) is 2. The number of benzene rings is 1. The predicted octanol–water partition coefficient (Wildman–Crippen LogP) is 1.69. The van der Waals surface area contributed by atoms with Gasteiger partial charge in [0.25, 0.3) is 0 Å². The molecule has 6 heteroatoms. The third-order valence-electron chi connectivity index (χ3n) is 3.06. The molecule has 0 saturated heterocycles. The second-order valence-corrected chi connectivity index (χ2v) is 7.60. The third kappa shape index (κ3) is 4.77. The summed E-state index contributed by atoms with van der Waals surface area (Å²) in [6, 6.07) is 7.23. The van der Waals surface area contributed by atoms with Gasteiger partial charge in [-0.3, -0.25) is 0 Å². The molecule has 114 valence electrons. The van der Waals surface area contributed by atoms with E-state index in [1.165, 1.54) is 18.4 Å². The van der Waals surface area contributed by atoms with Gasteiger partial charge in [-0.2, -0.15) is 0 Å². The molecule has 0 bridgehead atoms. The van der Waals surface area contributed by atoms with Crippen LogP contribution in [0.4, 0.5) is 5.69 Å². The smallest absolute Gasteiger partial charge is 0.242 e. The summed E-state index contributed by atoms with van der Waals surface area (Å²) in [4.78, 5) is 2.46. The summed E-state index contributed by atoms with van der Waals surface area (Å²) >= 11 is 0. The normalized spacial score (nSPS) is 13.8. The molecule has 0 amide bonds. The van der Waals surface area contributed by atoms with E-state index in [-0.39, 0.29) is 0 Å². The van der Waals surface area contributed by atoms with Crippen molar-refractivity contribution in [1.82, 2.24) is 9.21 Å². The van der Waals surface area contributed by atoms with Crippen molar-refractivity contribution in [3.8, 4) is 0 Å². The molecule has 0 radical (unpaired) electrons. The molecule has 0 aliphatic heterocycles. The summed E-state index contributed by atoms with van der Waals surface area (Å²) in [5, 5.41) is 3.37. The Bertz CT molecular complexity index is 510. The van der Waals surface area contributed by atoms with Crippen molar-refractivity contribution < 1.29 is 8.42 Å². The van der Waals surface area contributed by atoms with Gasteiger partial charge in [-0.05, 0) is 58.3 Å². The Balaban J connectivity index is 2.68. The first kappa shape index (κ1) is 16.9. The largest absolute Gasteiger partial charge is 0.383 e. The van der Waals surface area contributed by atoms with E-state index in [0.29, 0.717) is 10.9 Å². The minimum absolute atomic E-state index is 0.314. The zero-order chi connectivity index (χ0) is 15.3. The summed E-state index contributed by atoms with van der Waals surface area (Å²) < 4.78 is 25.1. The molecule has 1 rings (SSSR count). The van der Waals surface area contributed by atoms with Crippen molar-refractivity contribution in [2.45, 2.75) is 24.3 Å². The molecule has 0 aliphatic rings. The van der Waals surface area contributed by atoms with Gasteiger partial charge >= 0.3 is 0 Å². The second kappa shape index (κ2) is 7.06. The maximum absolute atomic E-state index is 11.9. The maximum atomic E-state index is 11.9. The van der Waals surface area contributed by atoms with E-state index in [4.69, 9.17) is 0 Å². The Labute approximate surface area is 122 Å². The first-order valence-corrected chi connectivity index (χ1v) is 8.11. The molecule has 0 fully saturated rings. The van der Waals surface area contributed by atoms with E-state index in [1.54, 1.807) is 12.1 Å². The molecular formula is C14H25N3O2S. The molecule has 5 nitrogen and oxygen atoms in total. The van der Waals surface area contributed by atoms with Crippen LogP contribution >= 0.6 is 0 Å². The van der Waals surface area contributed by atoms with Gasteiger partial charge in [0.05, 0.1) is 4.90 Å². The lowest BCUT2D eigenvalue weighted by Gasteiger charge is -2.18. The van der Waals surface area contributed by atoms with E-state index in [0.717, 1.165) is 18.7 Å². The van der Waals surface area contributed by atoms with Crippen LogP contribution in [-0.2, 0) is 10.0 Å². The molecule has 1 unspecified atom stereocenters. The molecule has 1 aromatic carbocycles. The van der Waals surface area contributed by atoms with Crippen LogP contribution in [0.15, 0.2) is 29.2 Å². The van der Waals surface area contributed by atoms with Crippen molar-refractivity contribution in [2.75, 3.05) is 40.1 Å². The van der Waals surface area contributed by atoms with Gasteiger partial charge in [0.15, 0.2) is 0 Å². The number of hydrogen-bond donors (Lipinski definition) is 1.